The summed E-state index contributed by atoms with van der Waals surface area (Å²) in [6, 6.07) is 6.43. The van der Waals surface area contributed by atoms with Gasteiger partial charge in [-0.3, -0.25) is 4.79 Å². The van der Waals surface area contributed by atoms with Gasteiger partial charge in [0.1, 0.15) is 0 Å². The van der Waals surface area contributed by atoms with E-state index in [4.69, 9.17) is 0 Å². The van der Waals surface area contributed by atoms with Crippen molar-refractivity contribution in [2.24, 2.45) is 0 Å². The van der Waals surface area contributed by atoms with Gasteiger partial charge in [-0.1, -0.05) is 0 Å². The summed E-state index contributed by atoms with van der Waals surface area (Å²) in [6.07, 6.45) is 1.59. The van der Waals surface area contributed by atoms with Gasteiger partial charge in [-0.25, -0.2) is 8.42 Å². The lowest BCUT2D eigenvalue weighted by molar-refractivity contribution is -0.116. The Balaban J connectivity index is 1.91. The Hall–Kier alpha value is -1.05. The number of thioether (sulfide) groups is 1. The van der Waals surface area contributed by atoms with Crippen LogP contribution in [0.25, 0.3) is 0 Å². The first-order valence-electron chi connectivity index (χ1n) is 6.36. The summed E-state index contributed by atoms with van der Waals surface area (Å²) < 4.78 is 22.7. The zero-order chi connectivity index (χ0) is 14.6. The molecule has 1 atom stereocenters. The molecule has 20 heavy (non-hydrogen) atoms. The average Bonchev–Trinajstić information content (AvgIpc) is 2.39. The minimum Gasteiger partial charge on any atom is -0.326 e. The third-order valence-corrected chi connectivity index (χ3v) is 5.26. The largest absolute Gasteiger partial charge is 0.326 e. The second kappa shape index (κ2) is 6.60. The first-order chi connectivity index (χ1) is 9.45. The van der Waals surface area contributed by atoms with Crippen molar-refractivity contribution in [1.29, 1.82) is 0 Å². The highest BCUT2D eigenvalue weighted by atomic mass is 32.2. The standard InChI is InChI=1S/C13H18N2O3S2/c1-20(17,18)12-4-2-10(3-5-12)15-13(16)8-11-9-19-7-6-14-11/h2-5,11,14H,6-9H2,1H3,(H,15,16). The molecule has 0 radical (unpaired) electrons. The Labute approximate surface area is 123 Å². The van der Waals surface area contributed by atoms with Gasteiger partial charge in [0.15, 0.2) is 9.84 Å². The predicted molar refractivity (Wildman–Crippen MR) is 81.9 cm³/mol. The van der Waals surface area contributed by atoms with Crippen molar-refractivity contribution in [2.45, 2.75) is 17.4 Å². The van der Waals surface area contributed by atoms with Crippen LogP contribution in [-0.2, 0) is 14.6 Å². The molecule has 5 nitrogen and oxygen atoms in total. The summed E-state index contributed by atoms with van der Waals surface area (Å²) in [6.45, 7) is 0.936. The summed E-state index contributed by atoms with van der Waals surface area (Å²) in [5, 5.41) is 6.09. The molecule has 7 heteroatoms. The molecule has 1 amide bonds. The number of carbonyl (C=O) groups excluding carboxylic acids is 1. The minimum atomic E-state index is -3.20. The molecule has 2 N–H and O–H groups in total. The highest BCUT2D eigenvalue weighted by Gasteiger charge is 2.16. The van der Waals surface area contributed by atoms with E-state index >= 15 is 0 Å². The number of hydrogen-bond acceptors (Lipinski definition) is 5. The first-order valence-corrected chi connectivity index (χ1v) is 9.41. The van der Waals surface area contributed by atoms with Crippen LogP contribution >= 0.6 is 11.8 Å². The molecule has 1 aromatic rings. The molecule has 0 bridgehead atoms. The molecule has 0 spiro atoms. The topological polar surface area (TPSA) is 75.3 Å². The van der Waals surface area contributed by atoms with Crippen molar-refractivity contribution < 1.29 is 13.2 Å². The molecule has 110 valence electrons. The van der Waals surface area contributed by atoms with E-state index in [0.29, 0.717) is 12.1 Å². The van der Waals surface area contributed by atoms with E-state index in [0.717, 1.165) is 24.3 Å². The van der Waals surface area contributed by atoms with Crippen LogP contribution in [0.2, 0.25) is 0 Å². The maximum atomic E-state index is 11.9. The molecular weight excluding hydrogens is 296 g/mol. The van der Waals surface area contributed by atoms with E-state index in [1.54, 1.807) is 12.1 Å². The van der Waals surface area contributed by atoms with Crippen molar-refractivity contribution >= 4 is 33.2 Å². The molecule has 1 aromatic carbocycles. The number of amides is 1. The summed E-state index contributed by atoms with van der Waals surface area (Å²) in [5.74, 6) is 1.98. The lowest BCUT2D eigenvalue weighted by Gasteiger charge is -2.22. The Bertz CT molecular complexity index is 564. The van der Waals surface area contributed by atoms with Gasteiger partial charge < -0.3 is 10.6 Å². The monoisotopic (exact) mass is 314 g/mol. The van der Waals surface area contributed by atoms with Crippen LogP contribution < -0.4 is 10.6 Å². The molecule has 0 aromatic heterocycles. The molecular formula is C13H18N2O3S2. The van der Waals surface area contributed by atoms with Crippen LogP contribution in [0.5, 0.6) is 0 Å². The SMILES string of the molecule is CS(=O)(=O)c1ccc(NC(=O)CC2CSCCN2)cc1. The third-order valence-electron chi connectivity index (χ3n) is 3.00. The molecule has 1 heterocycles. The fraction of sp³-hybridized carbons (Fsp3) is 0.462. The van der Waals surface area contributed by atoms with Crippen molar-refractivity contribution in [2.75, 3.05) is 29.6 Å². The number of anilines is 1. The van der Waals surface area contributed by atoms with Gasteiger partial charge in [0.2, 0.25) is 5.91 Å². The van der Waals surface area contributed by atoms with Gasteiger partial charge in [-0.15, -0.1) is 0 Å². The van der Waals surface area contributed by atoms with Gasteiger partial charge in [0.05, 0.1) is 4.90 Å². The predicted octanol–water partition coefficient (Wildman–Crippen LogP) is 1.12. The van der Waals surface area contributed by atoms with Gasteiger partial charge in [-0.05, 0) is 24.3 Å². The molecule has 0 saturated carbocycles. The fourth-order valence-corrected chi connectivity index (χ4v) is 3.55. The molecule has 2 rings (SSSR count). The van der Waals surface area contributed by atoms with Gasteiger partial charge >= 0.3 is 0 Å². The molecule has 1 aliphatic rings. The van der Waals surface area contributed by atoms with E-state index in [9.17, 15) is 13.2 Å². The second-order valence-electron chi connectivity index (χ2n) is 4.77. The van der Waals surface area contributed by atoms with E-state index in [1.807, 2.05) is 11.8 Å². The van der Waals surface area contributed by atoms with Gasteiger partial charge in [0, 0.05) is 42.5 Å². The molecule has 1 unspecified atom stereocenters. The highest BCUT2D eigenvalue weighted by Crippen LogP contribution is 2.15. The molecule has 1 aliphatic heterocycles. The van der Waals surface area contributed by atoms with Crippen molar-refractivity contribution in [3.63, 3.8) is 0 Å². The van der Waals surface area contributed by atoms with Gasteiger partial charge in [-0.2, -0.15) is 11.8 Å². The Morgan fingerprint density at radius 2 is 2.10 bits per heavy atom. The van der Waals surface area contributed by atoms with Gasteiger partial charge in [0.25, 0.3) is 0 Å². The Kier molecular flexibility index (Phi) is 5.06. The highest BCUT2D eigenvalue weighted by molar-refractivity contribution is 7.99. The summed E-state index contributed by atoms with van der Waals surface area (Å²) in [5.41, 5.74) is 0.617. The van der Waals surface area contributed by atoms with Crippen LogP contribution in [0, 0.1) is 0 Å². The molecule has 1 fully saturated rings. The summed E-state index contributed by atoms with van der Waals surface area (Å²) >= 11 is 1.85. The number of benzene rings is 1. The maximum Gasteiger partial charge on any atom is 0.225 e. The number of rotatable bonds is 4. The third kappa shape index (κ3) is 4.50. The molecule has 1 saturated heterocycles. The van der Waals surface area contributed by atoms with Crippen LogP contribution in [0.4, 0.5) is 5.69 Å². The summed E-state index contributed by atoms with van der Waals surface area (Å²) in [7, 11) is -3.20. The number of hydrogen-bond donors (Lipinski definition) is 2. The lowest BCUT2D eigenvalue weighted by Crippen LogP contribution is -2.39. The van der Waals surface area contributed by atoms with E-state index in [2.05, 4.69) is 10.6 Å². The summed E-state index contributed by atoms with van der Waals surface area (Å²) in [4.78, 5) is 12.1. The van der Waals surface area contributed by atoms with Crippen LogP contribution in [0.15, 0.2) is 29.2 Å². The van der Waals surface area contributed by atoms with Crippen LogP contribution in [0.1, 0.15) is 6.42 Å². The van der Waals surface area contributed by atoms with Crippen molar-refractivity contribution in [3.8, 4) is 0 Å². The number of carbonyl (C=O) groups is 1. The number of nitrogens with one attached hydrogen (secondary N) is 2. The van der Waals surface area contributed by atoms with Crippen molar-refractivity contribution in [1.82, 2.24) is 5.32 Å². The smallest absolute Gasteiger partial charge is 0.225 e. The first kappa shape index (κ1) is 15.3. The number of sulfone groups is 1. The molecule has 0 aliphatic carbocycles. The quantitative estimate of drug-likeness (QED) is 0.871. The van der Waals surface area contributed by atoms with Crippen LogP contribution in [0.3, 0.4) is 0 Å². The van der Waals surface area contributed by atoms with E-state index in [-0.39, 0.29) is 16.8 Å². The fourth-order valence-electron chi connectivity index (χ4n) is 1.97. The van der Waals surface area contributed by atoms with Crippen molar-refractivity contribution in [3.05, 3.63) is 24.3 Å². The second-order valence-corrected chi connectivity index (χ2v) is 7.94. The average molecular weight is 314 g/mol. The van der Waals surface area contributed by atoms with Crippen LogP contribution in [-0.4, -0.2) is 44.7 Å². The maximum absolute atomic E-state index is 11.9. The normalized spacial score (nSPS) is 19.6. The Morgan fingerprint density at radius 3 is 2.65 bits per heavy atom. The van der Waals surface area contributed by atoms with E-state index in [1.165, 1.54) is 12.1 Å². The Morgan fingerprint density at radius 1 is 1.40 bits per heavy atom. The lowest BCUT2D eigenvalue weighted by atomic mass is 10.2. The van der Waals surface area contributed by atoms with E-state index < -0.39 is 9.84 Å². The zero-order valence-corrected chi connectivity index (χ0v) is 12.9. The zero-order valence-electron chi connectivity index (χ0n) is 11.3. The minimum absolute atomic E-state index is 0.0582.